The number of hydrogen-bond donors (Lipinski definition) is 1. The average molecular weight is 553 g/mol. The summed E-state index contributed by atoms with van der Waals surface area (Å²) >= 11 is 0. The molecule has 40 heavy (non-hydrogen) atoms. The van der Waals surface area contributed by atoms with E-state index >= 15 is 4.79 Å². The van der Waals surface area contributed by atoms with Crippen LogP contribution in [-0.2, 0) is 19.1 Å². The van der Waals surface area contributed by atoms with Crippen molar-refractivity contribution in [1.29, 1.82) is 0 Å². The van der Waals surface area contributed by atoms with Crippen LogP contribution in [0.15, 0.2) is 46.3 Å². The van der Waals surface area contributed by atoms with Gasteiger partial charge < -0.3 is 9.84 Å². The first-order valence-corrected chi connectivity index (χ1v) is 15.0. The van der Waals surface area contributed by atoms with E-state index in [9.17, 15) is 14.7 Å². The maximum Gasteiger partial charge on any atom is 0.184 e. The Balaban J connectivity index is 2.44. The molecular weight excluding hydrogens is 500 g/mol. The van der Waals surface area contributed by atoms with Gasteiger partial charge in [0.25, 0.3) is 0 Å². The van der Waals surface area contributed by atoms with Crippen molar-refractivity contribution in [2.24, 2.45) is 28.1 Å². The third kappa shape index (κ3) is 5.12. The molecular formula is C35H52O5. The molecule has 0 radical (unpaired) electrons. The second-order valence-corrected chi connectivity index (χ2v) is 14.4. The van der Waals surface area contributed by atoms with E-state index in [1.807, 2.05) is 40.7 Å². The third-order valence-electron chi connectivity index (χ3n) is 9.67. The minimum Gasteiger partial charge on any atom is -0.490 e. The summed E-state index contributed by atoms with van der Waals surface area (Å²) in [6.07, 6.45) is 8.74. The van der Waals surface area contributed by atoms with Gasteiger partial charge in [0.15, 0.2) is 22.8 Å². The lowest BCUT2D eigenvalue weighted by atomic mass is 9.38. The van der Waals surface area contributed by atoms with Crippen LogP contribution in [0.2, 0.25) is 0 Å². The number of ketones is 3. The maximum atomic E-state index is 15.2. The lowest BCUT2D eigenvalue weighted by Gasteiger charge is -2.61. The fourth-order valence-corrected chi connectivity index (χ4v) is 7.33. The molecule has 1 saturated carbocycles. The van der Waals surface area contributed by atoms with Crippen molar-refractivity contribution in [2.45, 2.75) is 126 Å². The molecule has 0 amide bonds. The van der Waals surface area contributed by atoms with E-state index in [0.717, 1.165) is 5.57 Å². The van der Waals surface area contributed by atoms with Gasteiger partial charge in [-0.05, 0) is 98.8 Å². The smallest absolute Gasteiger partial charge is 0.184 e. The molecule has 3 rings (SSSR count). The number of fused-ring (bicyclic) bond motifs is 3. The summed E-state index contributed by atoms with van der Waals surface area (Å²) in [6, 6.07) is 0. The molecule has 0 aromatic carbocycles. The van der Waals surface area contributed by atoms with E-state index in [1.165, 1.54) is 11.1 Å². The van der Waals surface area contributed by atoms with Crippen molar-refractivity contribution in [3.63, 3.8) is 0 Å². The van der Waals surface area contributed by atoms with Gasteiger partial charge in [-0.2, -0.15) is 0 Å². The summed E-state index contributed by atoms with van der Waals surface area (Å²) in [6.45, 7) is 21.2. The fourth-order valence-electron chi connectivity index (χ4n) is 7.33. The van der Waals surface area contributed by atoms with E-state index in [2.05, 4.69) is 26.0 Å². The first kappa shape index (κ1) is 32.2. The van der Waals surface area contributed by atoms with Crippen molar-refractivity contribution >= 4 is 17.3 Å². The van der Waals surface area contributed by atoms with Gasteiger partial charge in [-0.15, -0.1) is 0 Å². The third-order valence-corrected chi connectivity index (χ3v) is 9.67. The van der Waals surface area contributed by atoms with Gasteiger partial charge >= 0.3 is 0 Å². The number of carbonyl (C=O) groups is 3. The molecule has 1 heterocycles. The van der Waals surface area contributed by atoms with Crippen LogP contribution in [0.4, 0.5) is 0 Å². The topological polar surface area (TPSA) is 80.7 Å². The fraction of sp³-hybridized carbons (Fsp3) is 0.686. The van der Waals surface area contributed by atoms with Crippen LogP contribution in [0, 0.1) is 28.1 Å². The lowest BCUT2D eigenvalue weighted by molar-refractivity contribution is -0.181. The van der Waals surface area contributed by atoms with Crippen LogP contribution < -0.4 is 0 Å². The molecule has 5 nitrogen and oxygen atoms in total. The van der Waals surface area contributed by atoms with E-state index < -0.39 is 33.9 Å². The summed E-state index contributed by atoms with van der Waals surface area (Å²) in [7, 11) is 0. The van der Waals surface area contributed by atoms with Gasteiger partial charge in [-0.25, -0.2) is 0 Å². The summed E-state index contributed by atoms with van der Waals surface area (Å²) in [5.74, 6) is -1.12. The molecule has 0 unspecified atom stereocenters. The van der Waals surface area contributed by atoms with Crippen LogP contribution >= 0.6 is 0 Å². The molecule has 0 spiro atoms. The van der Waals surface area contributed by atoms with Crippen molar-refractivity contribution in [3.8, 4) is 0 Å². The van der Waals surface area contributed by atoms with Crippen molar-refractivity contribution in [3.05, 3.63) is 46.3 Å². The number of allylic oxidation sites excluding steroid dienone is 7. The average Bonchev–Trinajstić information content (AvgIpc) is 3.29. The Morgan fingerprint density at radius 1 is 1.02 bits per heavy atom. The SMILES string of the molecule is CC(C)=CCC[C@@]1(C)[C@H](CC=C(C)C)C[C@]2(CC=C(C)C)C(=O)[C@@]1(C(=O)C(C)C)C(=O)C1=C2O[C@@H](C(C)(C)O)C1. The summed E-state index contributed by atoms with van der Waals surface area (Å²) in [5.41, 5.74) is -1.15. The van der Waals surface area contributed by atoms with Gasteiger partial charge in [-0.3, -0.25) is 14.4 Å². The number of rotatable bonds is 10. The highest BCUT2D eigenvalue weighted by molar-refractivity contribution is 6.33. The molecule has 1 aliphatic heterocycles. The minimum absolute atomic E-state index is 0.0956. The normalized spacial score (nSPS) is 31.5. The standard InChI is InChI=1S/C35H52O5/c1-21(2)13-12-17-33(11)25(15-14-22(3)4)20-34(18-16-23(5)6)30-26(19-27(40-30)32(9,10)39)29(37)35(33,31(34)38)28(36)24(7)8/h13-14,16,24-25,27,39H,12,15,17-20H2,1-11H3/t25-,27-,33+,34+,35-/m1/s1. The van der Waals surface area contributed by atoms with Gasteiger partial charge in [0.1, 0.15) is 11.9 Å². The molecule has 5 atom stereocenters. The molecule has 1 fully saturated rings. The molecule has 2 bridgehead atoms. The van der Waals surface area contributed by atoms with Crippen molar-refractivity contribution < 1.29 is 24.2 Å². The Labute approximate surface area is 242 Å². The van der Waals surface area contributed by atoms with E-state index in [-0.39, 0.29) is 29.7 Å². The highest BCUT2D eigenvalue weighted by Gasteiger charge is 2.77. The summed E-state index contributed by atoms with van der Waals surface area (Å²) in [4.78, 5) is 44.8. The Hall–Kier alpha value is -2.27. The summed E-state index contributed by atoms with van der Waals surface area (Å²) in [5, 5.41) is 10.9. The van der Waals surface area contributed by atoms with Gasteiger partial charge in [0, 0.05) is 17.9 Å². The molecule has 5 heteroatoms. The zero-order valence-electron chi connectivity index (χ0n) is 26.8. The number of hydrogen-bond acceptors (Lipinski definition) is 5. The van der Waals surface area contributed by atoms with E-state index in [0.29, 0.717) is 43.4 Å². The van der Waals surface area contributed by atoms with Gasteiger partial charge in [0.05, 0.1) is 11.0 Å². The summed E-state index contributed by atoms with van der Waals surface area (Å²) < 4.78 is 6.45. The number of ether oxygens (including phenoxy) is 1. The molecule has 1 N–H and O–H groups in total. The largest absolute Gasteiger partial charge is 0.490 e. The van der Waals surface area contributed by atoms with Crippen LogP contribution in [0.5, 0.6) is 0 Å². The van der Waals surface area contributed by atoms with E-state index in [4.69, 9.17) is 4.74 Å². The van der Waals surface area contributed by atoms with Crippen molar-refractivity contribution in [2.75, 3.05) is 0 Å². The van der Waals surface area contributed by atoms with Gasteiger partial charge in [0.2, 0.25) is 0 Å². The molecule has 0 aromatic rings. The van der Waals surface area contributed by atoms with Crippen molar-refractivity contribution in [1.82, 2.24) is 0 Å². The molecule has 0 saturated heterocycles. The van der Waals surface area contributed by atoms with Gasteiger partial charge in [-0.1, -0.05) is 55.7 Å². The second-order valence-electron chi connectivity index (χ2n) is 14.4. The second kappa shape index (κ2) is 11.2. The predicted molar refractivity (Wildman–Crippen MR) is 161 cm³/mol. The first-order valence-electron chi connectivity index (χ1n) is 15.0. The lowest BCUT2D eigenvalue weighted by Crippen LogP contribution is -2.70. The highest BCUT2D eigenvalue weighted by Crippen LogP contribution is 2.69. The quantitative estimate of drug-likeness (QED) is 0.223. The highest BCUT2D eigenvalue weighted by atomic mass is 16.5. The number of carbonyl (C=O) groups excluding carboxylic acids is 3. The Morgan fingerprint density at radius 2 is 1.60 bits per heavy atom. The number of Topliss-reactive ketones (excluding diaryl/α,β-unsaturated/α-hetero) is 3. The Bertz CT molecular complexity index is 1180. The van der Waals surface area contributed by atoms with Crippen LogP contribution in [0.3, 0.4) is 0 Å². The molecule has 0 aromatic heterocycles. The molecule has 3 aliphatic rings. The monoisotopic (exact) mass is 552 g/mol. The Morgan fingerprint density at radius 3 is 2.10 bits per heavy atom. The zero-order chi connectivity index (χ0) is 30.4. The minimum atomic E-state index is -1.79. The number of aliphatic hydroxyl groups is 1. The van der Waals surface area contributed by atoms with Crippen LogP contribution in [-0.4, -0.2) is 34.2 Å². The van der Waals surface area contributed by atoms with Crippen LogP contribution in [0.1, 0.15) is 115 Å². The Kier molecular flexibility index (Phi) is 9.02. The first-order chi connectivity index (χ1) is 18.4. The molecule has 222 valence electrons. The predicted octanol–water partition coefficient (Wildman–Crippen LogP) is 7.64. The maximum absolute atomic E-state index is 15.2. The molecule has 2 aliphatic carbocycles. The van der Waals surface area contributed by atoms with E-state index in [1.54, 1.807) is 27.7 Å². The van der Waals surface area contributed by atoms with Crippen LogP contribution in [0.25, 0.3) is 0 Å². The zero-order valence-corrected chi connectivity index (χ0v) is 26.8.